The van der Waals surface area contributed by atoms with Gasteiger partial charge in [0.2, 0.25) is 0 Å². The summed E-state index contributed by atoms with van der Waals surface area (Å²) in [7, 11) is -1.63. The van der Waals surface area contributed by atoms with Crippen molar-refractivity contribution in [2.45, 2.75) is 12.5 Å². The van der Waals surface area contributed by atoms with Gasteiger partial charge in [-0.05, 0) is 24.6 Å². The zero-order chi connectivity index (χ0) is 19.2. The average Bonchev–Trinajstić information content (AvgIpc) is 2.96. The predicted molar refractivity (Wildman–Crippen MR) is 91.5 cm³/mol. The summed E-state index contributed by atoms with van der Waals surface area (Å²) in [6.45, 7) is -0.939. The summed E-state index contributed by atoms with van der Waals surface area (Å²) in [5.74, 6) is -1.42. The van der Waals surface area contributed by atoms with Crippen LogP contribution >= 0.6 is 0 Å². The van der Waals surface area contributed by atoms with Gasteiger partial charge in [0, 0.05) is 11.6 Å². The molecule has 0 bridgehead atoms. The lowest BCUT2D eigenvalue weighted by Crippen LogP contribution is -2.39. The summed E-state index contributed by atoms with van der Waals surface area (Å²) in [5.41, 5.74) is 0.317. The summed E-state index contributed by atoms with van der Waals surface area (Å²) in [4.78, 5) is 35.2. The maximum atomic E-state index is 11.9. The minimum atomic E-state index is -3.10. The number of amides is 2. The first kappa shape index (κ1) is 19.7. The maximum absolute atomic E-state index is 11.9. The van der Waals surface area contributed by atoms with Crippen LogP contribution < -0.4 is 15.4 Å². The van der Waals surface area contributed by atoms with E-state index in [4.69, 9.17) is 9.47 Å². The van der Waals surface area contributed by atoms with E-state index in [0.29, 0.717) is 17.7 Å². The van der Waals surface area contributed by atoms with Crippen LogP contribution in [0.25, 0.3) is 0 Å². The fourth-order valence-corrected chi connectivity index (χ4v) is 4.07. The van der Waals surface area contributed by atoms with Crippen LogP contribution in [0.1, 0.15) is 16.8 Å². The monoisotopic (exact) mass is 384 g/mol. The molecule has 9 nitrogen and oxygen atoms in total. The quantitative estimate of drug-likeness (QED) is 0.593. The largest absolute Gasteiger partial charge is 0.497 e. The Balaban J connectivity index is 1.70. The topological polar surface area (TPSA) is 128 Å². The van der Waals surface area contributed by atoms with Gasteiger partial charge in [-0.3, -0.25) is 14.4 Å². The maximum Gasteiger partial charge on any atom is 0.325 e. The number of esters is 1. The van der Waals surface area contributed by atoms with Gasteiger partial charge in [-0.1, -0.05) is 6.07 Å². The SMILES string of the molecule is COc1cccc(C(=O)NCC(=O)OCC(=O)N[C@H]2CCS(=O)(=O)C2)c1. The van der Waals surface area contributed by atoms with E-state index in [2.05, 4.69) is 10.6 Å². The van der Waals surface area contributed by atoms with Crippen LogP contribution in [-0.4, -0.2) is 64.0 Å². The van der Waals surface area contributed by atoms with Crippen LogP contribution in [0.4, 0.5) is 0 Å². The first-order valence-corrected chi connectivity index (χ1v) is 9.69. The number of ether oxygens (including phenoxy) is 2. The first-order valence-electron chi connectivity index (χ1n) is 7.87. The predicted octanol–water partition coefficient (Wildman–Crippen LogP) is -0.728. The minimum Gasteiger partial charge on any atom is -0.497 e. The van der Waals surface area contributed by atoms with E-state index in [0.717, 1.165) is 0 Å². The molecule has 0 unspecified atom stereocenters. The van der Waals surface area contributed by atoms with Crippen LogP contribution in [0.2, 0.25) is 0 Å². The van der Waals surface area contributed by atoms with Gasteiger partial charge in [0.25, 0.3) is 11.8 Å². The molecular formula is C16H20N2O7S. The van der Waals surface area contributed by atoms with Crippen molar-refractivity contribution in [1.82, 2.24) is 10.6 Å². The van der Waals surface area contributed by atoms with Gasteiger partial charge in [0.05, 0.1) is 18.6 Å². The average molecular weight is 384 g/mol. The van der Waals surface area contributed by atoms with Crippen LogP contribution in [-0.2, 0) is 24.2 Å². The van der Waals surface area contributed by atoms with E-state index < -0.39 is 46.8 Å². The number of rotatable bonds is 7. The van der Waals surface area contributed by atoms with Crippen LogP contribution in [0.5, 0.6) is 5.75 Å². The number of carbonyl (C=O) groups is 3. The molecule has 1 aliphatic heterocycles. The Morgan fingerprint density at radius 2 is 2.04 bits per heavy atom. The van der Waals surface area contributed by atoms with E-state index in [9.17, 15) is 22.8 Å². The third kappa shape index (κ3) is 6.03. The molecule has 142 valence electrons. The van der Waals surface area contributed by atoms with E-state index in [1.165, 1.54) is 13.2 Å². The van der Waals surface area contributed by atoms with Crippen LogP contribution in [0.15, 0.2) is 24.3 Å². The van der Waals surface area contributed by atoms with E-state index in [1.807, 2.05) is 0 Å². The lowest BCUT2D eigenvalue weighted by molar-refractivity contribution is -0.147. The molecule has 2 rings (SSSR count). The number of benzene rings is 1. The zero-order valence-corrected chi connectivity index (χ0v) is 15.0. The van der Waals surface area contributed by atoms with Gasteiger partial charge in [-0.15, -0.1) is 0 Å². The molecule has 1 fully saturated rings. The van der Waals surface area contributed by atoms with Gasteiger partial charge in [0.1, 0.15) is 12.3 Å². The third-order valence-corrected chi connectivity index (χ3v) is 5.45. The molecule has 0 aliphatic carbocycles. The van der Waals surface area contributed by atoms with E-state index >= 15 is 0 Å². The van der Waals surface area contributed by atoms with Crippen molar-refractivity contribution in [3.63, 3.8) is 0 Å². The zero-order valence-electron chi connectivity index (χ0n) is 14.2. The Morgan fingerprint density at radius 3 is 2.69 bits per heavy atom. The van der Waals surface area contributed by atoms with Gasteiger partial charge >= 0.3 is 5.97 Å². The highest BCUT2D eigenvalue weighted by atomic mass is 32.2. The fourth-order valence-electron chi connectivity index (χ4n) is 2.39. The minimum absolute atomic E-state index is 0.0358. The molecule has 1 saturated heterocycles. The number of nitrogens with one attached hydrogen (secondary N) is 2. The fraction of sp³-hybridized carbons (Fsp3) is 0.438. The molecule has 1 heterocycles. The molecule has 1 aromatic carbocycles. The van der Waals surface area contributed by atoms with Crippen molar-refractivity contribution in [3.8, 4) is 5.75 Å². The van der Waals surface area contributed by atoms with E-state index in [1.54, 1.807) is 18.2 Å². The van der Waals surface area contributed by atoms with Crippen molar-refractivity contribution in [2.75, 3.05) is 31.8 Å². The second-order valence-electron chi connectivity index (χ2n) is 5.74. The lowest BCUT2D eigenvalue weighted by atomic mass is 10.2. The Morgan fingerprint density at radius 1 is 1.27 bits per heavy atom. The number of hydrogen-bond acceptors (Lipinski definition) is 7. The molecule has 1 atom stereocenters. The van der Waals surface area contributed by atoms with Gasteiger partial charge in [-0.2, -0.15) is 0 Å². The number of methoxy groups -OCH3 is 1. The van der Waals surface area contributed by atoms with E-state index in [-0.39, 0.29) is 11.5 Å². The number of hydrogen-bond donors (Lipinski definition) is 2. The van der Waals surface area contributed by atoms with Crippen LogP contribution in [0, 0.1) is 0 Å². The molecule has 2 N–H and O–H groups in total. The standard InChI is InChI=1S/C16H20N2O7S/c1-24-13-4-2-3-11(7-13)16(21)17-8-15(20)25-9-14(19)18-12-5-6-26(22,23)10-12/h2-4,7,12H,5-6,8-10H2,1H3,(H,17,21)(H,18,19)/t12-/m0/s1. The molecule has 10 heteroatoms. The molecule has 26 heavy (non-hydrogen) atoms. The molecule has 1 aromatic rings. The summed E-state index contributed by atoms with van der Waals surface area (Å²) >= 11 is 0. The first-order chi connectivity index (χ1) is 12.3. The van der Waals surface area contributed by atoms with Crippen molar-refractivity contribution in [2.24, 2.45) is 0 Å². The van der Waals surface area contributed by atoms with Crippen LogP contribution in [0.3, 0.4) is 0 Å². The van der Waals surface area contributed by atoms with Crippen molar-refractivity contribution in [3.05, 3.63) is 29.8 Å². The Bertz CT molecular complexity index is 792. The smallest absolute Gasteiger partial charge is 0.325 e. The summed E-state index contributed by atoms with van der Waals surface area (Å²) < 4.78 is 32.4. The molecule has 0 spiro atoms. The highest BCUT2D eigenvalue weighted by molar-refractivity contribution is 7.91. The van der Waals surface area contributed by atoms with Crippen molar-refractivity contribution < 1.29 is 32.3 Å². The Labute approximate surface area is 151 Å². The molecule has 1 aliphatic rings. The molecular weight excluding hydrogens is 364 g/mol. The normalized spacial score (nSPS) is 18.0. The third-order valence-electron chi connectivity index (χ3n) is 3.69. The second-order valence-corrected chi connectivity index (χ2v) is 7.97. The summed E-state index contributed by atoms with van der Waals surface area (Å²) in [6, 6.07) is 5.94. The summed E-state index contributed by atoms with van der Waals surface area (Å²) in [6.07, 6.45) is 0.346. The van der Waals surface area contributed by atoms with Gasteiger partial charge < -0.3 is 20.1 Å². The highest BCUT2D eigenvalue weighted by Crippen LogP contribution is 2.12. The highest BCUT2D eigenvalue weighted by Gasteiger charge is 2.29. The molecule has 2 amide bonds. The van der Waals surface area contributed by atoms with Crippen molar-refractivity contribution >= 4 is 27.6 Å². The Kier molecular flexibility index (Phi) is 6.56. The van der Waals surface area contributed by atoms with Crippen molar-refractivity contribution in [1.29, 1.82) is 0 Å². The summed E-state index contributed by atoms with van der Waals surface area (Å²) in [5, 5.41) is 4.87. The molecule has 0 aromatic heterocycles. The van der Waals surface area contributed by atoms with Gasteiger partial charge in [0.15, 0.2) is 16.4 Å². The lowest BCUT2D eigenvalue weighted by Gasteiger charge is -2.11. The molecule has 0 radical (unpaired) electrons. The number of carbonyl (C=O) groups excluding carboxylic acids is 3. The van der Waals surface area contributed by atoms with Gasteiger partial charge in [-0.25, -0.2) is 8.42 Å². The number of sulfone groups is 1. The second kappa shape index (κ2) is 8.65. The molecule has 0 saturated carbocycles. The Hall–Kier alpha value is -2.62.